The van der Waals surface area contributed by atoms with Gasteiger partial charge in [-0.2, -0.15) is 0 Å². The van der Waals surface area contributed by atoms with E-state index in [0.717, 1.165) is 44.2 Å². The average Bonchev–Trinajstić information content (AvgIpc) is 0.791. The summed E-state index contributed by atoms with van der Waals surface area (Å²) in [7, 11) is -8.44. The number of benzene rings is 12. The first kappa shape index (κ1) is 88.7. The Bertz CT molecular complexity index is 5540. The Morgan fingerprint density at radius 2 is 0.366 bits per heavy atom. The first-order valence-electron chi connectivity index (χ1n) is 35.9. The summed E-state index contributed by atoms with van der Waals surface area (Å²) >= 11 is 0. The molecule has 0 spiro atoms. The van der Waals surface area contributed by atoms with Crippen LogP contribution in [0.3, 0.4) is 0 Å². The summed E-state index contributed by atoms with van der Waals surface area (Å²) in [5.74, 6) is -6.91. The van der Waals surface area contributed by atoms with Crippen molar-refractivity contribution in [3.63, 3.8) is 0 Å². The Balaban J connectivity index is 0.000000187. The van der Waals surface area contributed by atoms with Gasteiger partial charge in [-0.05, 0) is 118 Å². The van der Waals surface area contributed by atoms with Crippen LogP contribution in [0.5, 0.6) is 103 Å². The summed E-state index contributed by atoms with van der Waals surface area (Å²) in [5, 5.41) is 184. The second-order valence-electron chi connectivity index (χ2n) is 33.7. The molecule has 0 radical (unpaired) electrons. The van der Waals surface area contributed by atoms with Crippen LogP contribution >= 0.6 is 0 Å². The van der Waals surface area contributed by atoms with Crippen molar-refractivity contribution < 1.29 is 116 Å². The van der Waals surface area contributed by atoms with Gasteiger partial charge in [-0.15, -0.1) is 0 Å². The largest absolute Gasteiger partial charge is 0.507 e. The van der Waals surface area contributed by atoms with Gasteiger partial charge < -0.3 is 116 Å². The first-order valence-corrected chi connectivity index (χ1v) is 42.6. The van der Waals surface area contributed by atoms with Crippen molar-refractivity contribution in [2.24, 2.45) is 0 Å². The maximum atomic E-state index is 10.1. The predicted molar refractivity (Wildman–Crippen MR) is 458 cm³/mol. The van der Waals surface area contributed by atoms with Gasteiger partial charge in [0.25, 0.3) is 0 Å². The molecule has 12 aromatic carbocycles. The summed E-state index contributed by atoms with van der Waals surface area (Å²) in [4.78, 5) is 47.0. The van der Waals surface area contributed by atoms with Crippen LogP contribution in [0.15, 0.2) is 115 Å². The van der Waals surface area contributed by atoms with Gasteiger partial charge in [0.05, 0.1) is 0 Å². The standard InChI is InChI=1S/4C14H18O4Si.C14H16O4.C14H18O3Si/c1-14(2,3)7-4-5-8-9(6-7)10(15)11(16)12(17)13(8)19-18;1-14(2,3)7-4-5-8-9(6-7)10(15)12(17)13(19-18)11(8)16;1-14(2,3)7-4-5-8-9(6-7)13(19-18)12(17)11(16)10(8)15;1-14(2,3)7-4-5-8-9(6-7)11(16)13(19-18)12(17)10(8)15;1-14(2,3)7-4-5-8-9(6-7)11(16)13(18)12(17)10(8)15;1-14(2,3)9-4-5-10-8(6-9)7-11(15)12(16)13(10)18-17/h4*4-6,15-18H,19H2,1-3H3;4-6,15-18H,1-3H3;4-7,15-17H,18H2,1-3H3. The lowest BCUT2D eigenvalue weighted by Gasteiger charge is -2.20. The molecule has 12 aromatic rings. The van der Waals surface area contributed by atoms with Crippen LogP contribution in [0, 0.1) is 0 Å². The fourth-order valence-electron chi connectivity index (χ4n) is 12.5. The van der Waals surface area contributed by atoms with Crippen LogP contribution in [-0.2, 0) is 32.5 Å². The van der Waals surface area contributed by atoms with E-state index in [9.17, 15) is 116 Å². The molecular formula is C84H106O23Si5. The molecule has 23 nitrogen and oxygen atoms in total. The molecular weight excluding hydrogens is 1520 g/mol. The van der Waals surface area contributed by atoms with Crippen molar-refractivity contribution in [3.8, 4) is 103 Å². The van der Waals surface area contributed by atoms with Crippen LogP contribution in [0.1, 0.15) is 158 Å². The average molecular weight is 1620 g/mol. The quantitative estimate of drug-likeness (QED) is 0.0440. The fraction of sp³-hybridized carbons (Fsp3) is 0.286. The molecule has 0 unspecified atom stereocenters. The Hall–Kier alpha value is -10.5. The van der Waals surface area contributed by atoms with E-state index in [2.05, 4.69) is 41.5 Å². The number of rotatable bonds is 5. The van der Waals surface area contributed by atoms with E-state index in [1.54, 1.807) is 60.7 Å². The molecule has 0 fully saturated rings. The molecule has 0 aliphatic rings. The minimum Gasteiger partial charge on any atom is -0.507 e. The molecule has 0 atom stereocenters. The second-order valence-corrected chi connectivity index (χ2v) is 38.9. The number of hydrogen-bond donors (Lipinski definition) is 23. The van der Waals surface area contributed by atoms with Gasteiger partial charge in [0.1, 0.15) is 11.5 Å². The lowest BCUT2D eigenvalue weighted by molar-refractivity contribution is 0.351. The van der Waals surface area contributed by atoms with E-state index in [-0.39, 0.29) is 88.9 Å². The lowest BCUT2D eigenvalue weighted by atomic mass is 9.85. The van der Waals surface area contributed by atoms with Crippen molar-refractivity contribution in [3.05, 3.63) is 149 Å². The van der Waals surface area contributed by atoms with Crippen LogP contribution < -0.4 is 25.9 Å². The summed E-state index contributed by atoms with van der Waals surface area (Å²) in [5.41, 5.74) is 5.69. The number of hydrogen-bond acceptors (Lipinski definition) is 23. The lowest BCUT2D eigenvalue weighted by Crippen LogP contribution is -2.17. The highest BCUT2D eigenvalue weighted by Gasteiger charge is 2.28. The van der Waals surface area contributed by atoms with Crippen molar-refractivity contribution in [2.75, 3.05) is 0 Å². The zero-order valence-electron chi connectivity index (χ0n) is 66.3. The third kappa shape index (κ3) is 18.3. The van der Waals surface area contributed by atoms with Gasteiger partial charge in [0.15, 0.2) is 118 Å². The molecule has 0 heterocycles. The number of phenolic OH excluding ortho intramolecular Hbond substituents is 18. The van der Waals surface area contributed by atoms with Gasteiger partial charge in [-0.3, -0.25) is 0 Å². The number of fused-ring (bicyclic) bond motifs is 6. The van der Waals surface area contributed by atoms with Gasteiger partial charge in [-0.25, -0.2) is 0 Å². The smallest absolute Gasteiger partial charge is 0.204 e. The Morgan fingerprint density at radius 1 is 0.170 bits per heavy atom. The van der Waals surface area contributed by atoms with Crippen LogP contribution in [-0.4, -0.2) is 165 Å². The second kappa shape index (κ2) is 33.4. The van der Waals surface area contributed by atoms with Gasteiger partial charge in [-0.1, -0.05) is 210 Å². The maximum Gasteiger partial charge on any atom is 0.204 e. The highest BCUT2D eigenvalue weighted by molar-refractivity contribution is 6.53. The SMILES string of the molecule is CC(C)(C)c1ccc2c(O)c(O)c(O)c(O)c2c1.CC(C)(C)c1ccc2c(O)c(O)c(O)c([SiH2]O)c2c1.CC(C)(C)c1ccc2c(O)c(O)c([SiH2]O)c(O)c2c1.CC(C)(C)c1ccc2c(O)c([SiH2]O)c(O)c(O)c2c1.CC(C)(C)c1ccc2c([SiH2]O)c(O)c(O)c(O)c2c1.CC(C)(C)c1ccc2c([SiH2]O)c(O)c(O)cc2c1. The minimum atomic E-state index is -1.78. The molecule has 112 heavy (non-hydrogen) atoms. The van der Waals surface area contributed by atoms with Crippen LogP contribution in [0.25, 0.3) is 64.6 Å². The van der Waals surface area contributed by atoms with E-state index in [0.29, 0.717) is 69.4 Å². The van der Waals surface area contributed by atoms with E-state index in [1.807, 2.05) is 138 Å². The molecule has 0 aromatic heterocycles. The molecule has 0 bridgehead atoms. The van der Waals surface area contributed by atoms with Gasteiger partial charge in [0.2, 0.25) is 23.0 Å². The van der Waals surface area contributed by atoms with Crippen LogP contribution in [0.2, 0.25) is 0 Å². The van der Waals surface area contributed by atoms with Gasteiger partial charge >= 0.3 is 0 Å². The topological polar surface area (TPSA) is 465 Å². The highest BCUT2D eigenvalue weighted by Crippen LogP contribution is 2.50. The third-order valence-corrected chi connectivity index (χ3v) is 24.8. The third-order valence-electron chi connectivity index (χ3n) is 19.7. The zero-order valence-corrected chi connectivity index (χ0v) is 73.4. The molecule has 23 N–H and O–H groups in total. The number of aromatic hydroxyl groups is 18. The molecule has 0 aliphatic heterocycles. The maximum absolute atomic E-state index is 10.1. The van der Waals surface area contributed by atoms with Crippen molar-refractivity contribution >= 4 is 139 Å². The minimum absolute atomic E-state index is 0.0263. The summed E-state index contributed by atoms with van der Waals surface area (Å²) in [6.45, 7) is 37.0. The zero-order chi connectivity index (χ0) is 84.6. The summed E-state index contributed by atoms with van der Waals surface area (Å²) in [6.07, 6.45) is 0. The monoisotopic (exact) mass is 1620 g/mol. The van der Waals surface area contributed by atoms with E-state index in [1.165, 1.54) is 0 Å². The molecule has 0 saturated heterocycles. The molecule has 0 amide bonds. The van der Waals surface area contributed by atoms with Crippen molar-refractivity contribution in [1.82, 2.24) is 0 Å². The molecule has 12 rings (SSSR count). The van der Waals surface area contributed by atoms with Gasteiger partial charge in [0, 0.05) is 69.0 Å². The Kier molecular flexibility index (Phi) is 26.5. The normalized spacial score (nSPS) is 12.5. The summed E-state index contributed by atoms with van der Waals surface area (Å²) in [6, 6.07) is 34.2. The Morgan fingerprint density at radius 3 is 0.688 bits per heavy atom. The fourth-order valence-corrected chi connectivity index (χ4v) is 16.2. The molecule has 0 saturated carbocycles. The van der Waals surface area contributed by atoms with Crippen LogP contribution in [0.4, 0.5) is 0 Å². The Labute approximate surface area is 660 Å². The van der Waals surface area contributed by atoms with Crippen molar-refractivity contribution in [2.45, 2.75) is 157 Å². The molecule has 28 heteroatoms. The molecule has 600 valence electrons. The summed E-state index contributed by atoms with van der Waals surface area (Å²) < 4.78 is 0. The van der Waals surface area contributed by atoms with E-state index < -0.39 is 106 Å². The van der Waals surface area contributed by atoms with E-state index in [4.69, 9.17) is 0 Å². The van der Waals surface area contributed by atoms with Crippen molar-refractivity contribution in [1.29, 1.82) is 0 Å². The predicted octanol–water partition coefficient (Wildman–Crippen LogP) is 8.03. The molecule has 0 aliphatic carbocycles. The first-order chi connectivity index (χ1) is 51.6. The highest BCUT2D eigenvalue weighted by atomic mass is 28.2. The van der Waals surface area contributed by atoms with E-state index >= 15 is 0 Å². The number of phenols is 18.